The second-order valence-corrected chi connectivity index (χ2v) is 10.8. The lowest BCUT2D eigenvalue weighted by Crippen LogP contribution is -2.52. The summed E-state index contributed by atoms with van der Waals surface area (Å²) in [5, 5.41) is 9.31. The number of nitrogens with two attached hydrogens (primary N) is 1. The van der Waals surface area contributed by atoms with Gasteiger partial charge in [0.2, 0.25) is 11.5 Å². The van der Waals surface area contributed by atoms with Gasteiger partial charge in [-0.3, -0.25) is 19.4 Å². The molecule has 14 heteroatoms. The second-order valence-electron chi connectivity index (χ2n) is 10.8. The molecule has 3 amide bonds. The Bertz CT molecular complexity index is 1470. The van der Waals surface area contributed by atoms with Crippen LogP contribution in [0.15, 0.2) is 12.1 Å². The molecule has 2 aliphatic rings. The number of primary amides is 1. The van der Waals surface area contributed by atoms with Gasteiger partial charge in [0.25, 0.3) is 5.91 Å². The summed E-state index contributed by atoms with van der Waals surface area (Å²) in [6.07, 6.45) is -0.144. The van der Waals surface area contributed by atoms with Crippen LogP contribution in [0.3, 0.4) is 0 Å². The van der Waals surface area contributed by atoms with E-state index < -0.39 is 59.2 Å². The minimum Gasteiger partial charge on any atom is -0.481 e. The third kappa shape index (κ3) is 6.38. The number of halogens is 1. The molecule has 44 heavy (non-hydrogen) atoms. The summed E-state index contributed by atoms with van der Waals surface area (Å²) < 4.78 is 32.3. The van der Waals surface area contributed by atoms with Gasteiger partial charge in [-0.2, -0.15) is 0 Å². The van der Waals surface area contributed by atoms with E-state index in [2.05, 4.69) is 4.98 Å². The van der Waals surface area contributed by atoms with Crippen LogP contribution >= 0.6 is 0 Å². The van der Waals surface area contributed by atoms with Crippen molar-refractivity contribution in [3.8, 4) is 5.75 Å². The van der Waals surface area contributed by atoms with Gasteiger partial charge in [0.1, 0.15) is 17.1 Å². The number of benzene rings is 1. The Balaban J connectivity index is 1.86. The third-order valence-electron chi connectivity index (χ3n) is 8.01. The summed E-state index contributed by atoms with van der Waals surface area (Å²) in [5.41, 5.74) is 4.01. The van der Waals surface area contributed by atoms with Crippen LogP contribution in [0.5, 0.6) is 5.75 Å². The number of aryl methyl sites for hydroxylation is 1. The van der Waals surface area contributed by atoms with Crippen molar-refractivity contribution in [2.24, 2.45) is 5.73 Å². The molecule has 1 aliphatic heterocycles. The number of aromatic nitrogens is 1. The molecule has 1 saturated carbocycles. The fraction of sp³-hybridized carbons (Fsp3) is 0.533. The number of rotatable bonds is 11. The fourth-order valence-corrected chi connectivity index (χ4v) is 5.49. The molecule has 1 atom stereocenters. The number of carboxylic acids is 1. The van der Waals surface area contributed by atoms with Crippen molar-refractivity contribution in [3.63, 3.8) is 0 Å². The van der Waals surface area contributed by atoms with Gasteiger partial charge >= 0.3 is 18.0 Å². The number of piperazine rings is 1. The van der Waals surface area contributed by atoms with E-state index in [1.165, 1.54) is 28.9 Å². The summed E-state index contributed by atoms with van der Waals surface area (Å²) in [6, 6.07) is 2.96. The van der Waals surface area contributed by atoms with E-state index in [1.807, 2.05) is 0 Å². The number of ether oxygens (including phenoxy) is 3. The SMILES string of the molecule is CCOC(=O)N1CCN(C(=O)C(CCC(=O)O)c2nc3ccc(C)c(F)c3c(OC3(C(=O)OCC)CCC3)c2C(N)=O)CC1. The molecule has 2 aromatic rings. The molecule has 1 unspecified atom stereocenters. The minimum absolute atomic E-state index is 0.0293. The number of esters is 1. The fourth-order valence-electron chi connectivity index (χ4n) is 5.49. The molecule has 0 radical (unpaired) electrons. The zero-order valence-electron chi connectivity index (χ0n) is 25.0. The zero-order valence-corrected chi connectivity index (χ0v) is 25.0. The number of carboxylic acid groups (broad SMARTS) is 1. The largest absolute Gasteiger partial charge is 0.481 e. The number of nitrogens with zero attached hydrogens (tertiary/aromatic N) is 3. The first kappa shape index (κ1) is 32.4. The van der Waals surface area contributed by atoms with Crippen LogP contribution in [0.4, 0.5) is 9.18 Å². The van der Waals surface area contributed by atoms with Crippen LogP contribution in [-0.2, 0) is 23.9 Å². The lowest BCUT2D eigenvalue weighted by Gasteiger charge is -2.40. The van der Waals surface area contributed by atoms with Crippen molar-refractivity contribution in [3.05, 3.63) is 34.8 Å². The van der Waals surface area contributed by atoms with E-state index in [4.69, 9.17) is 19.9 Å². The number of hydrogen-bond donors (Lipinski definition) is 2. The van der Waals surface area contributed by atoms with Gasteiger partial charge in [0.15, 0.2) is 0 Å². The molecule has 1 aromatic heterocycles. The van der Waals surface area contributed by atoms with Gasteiger partial charge in [0.05, 0.1) is 35.7 Å². The van der Waals surface area contributed by atoms with E-state index in [9.17, 15) is 29.1 Å². The highest BCUT2D eigenvalue weighted by Crippen LogP contribution is 2.44. The van der Waals surface area contributed by atoms with Crippen molar-refractivity contribution in [2.45, 2.75) is 64.4 Å². The number of amides is 3. The lowest BCUT2D eigenvalue weighted by atomic mass is 9.79. The normalized spacial score (nSPS) is 16.5. The maximum absolute atomic E-state index is 15.8. The van der Waals surface area contributed by atoms with Crippen molar-refractivity contribution in [1.29, 1.82) is 0 Å². The van der Waals surface area contributed by atoms with Gasteiger partial charge in [-0.25, -0.2) is 14.0 Å². The monoisotopic (exact) mass is 616 g/mol. The predicted octanol–water partition coefficient (Wildman–Crippen LogP) is 2.89. The molecular weight excluding hydrogens is 579 g/mol. The molecule has 0 bridgehead atoms. The number of hydrogen-bond acceptors (Lipinski definition) is 9. The smallest absolute Gasteiger partial charge is 0.409 e. The van der Waals surface area contributed by atoms with Gasteiger partial charge in [-0.1, -0.05) is 6.07 Å². The summed E-state index contributed by atoms with van der Waals surface area (Å²) in [6.45, 7) is 5.66. The van der Waals surface area contributed by atoms with Crippen molar-refractivity contribution in [1.82, 2.24) is 14.8 Å². The molecule has 3 N–H and O–H groups in total. The highest BCUT2D eigenvalue weighted by molar-refractivity contribution is 6.05. The first-order valence-corrected chi connectivity index (χ1v) is 14.6. The number of fused-ring (bicyclic) bond motifs is 1. The third-order valence-corrected chi connectivity index (χ3v) is 8.01. The standard InChI is InChI=1S/C30H37FN4O9/c1-4-42-28(40)30(11-6-12-30)44-25-21-19(9-7-17(3)23(21)31)33-24(22(25)26(32)38)18(8-10-20(36)37)27(39)34-13-15-35(16-14-34)29(41)43-5-2/h7,9,18H,4-6,8,10-16H2,1-3H3,(H2,32,38)(H,36,37). The maximum Gasteiger partial charge on any atom is 0.409 e. The van der Waals surface area contributed by atoms with Crippen LogP contribution in [0.25, 0.3) is 10.9 Å². The van der Waals surface area contributed by atoms with E-state index in [0.29, 0.717) is 6.42 Å². The Morgan fingerprint density at radius 1 is 1.05 bits per heavy atom. The van der Waals surface area contributed by atoms with Gasteiger partial charge in [-0.15, -0.1) is 0 Å². The van der Waals surface area contributed by atoms with E-state index >= 15 is 4.39 Å². The zero-order chi connectivity index (χ0) is 32.2. The van der Waals surface area contributed by atoms with Gasteiger partial charge in [-0.05, 0) is 58.1 Å². The number of carbonyl (C=O) groups is 5. The van der Waals surface area contributed by atoms with Crippen LogP contribution in [-0.4, -0.2) is 94.7 Å². The molecule has 1 aliphatic carbocycles. The quantitative estimate of drug-likeness (QED) is 0.357. The molecule has 13 nitrogen and oxygen atoms in total. The molecule has 2 fully saturated rings. The molecule has 1 aromatic carbocycles. The minimum atomic E-state index is -1.51. The molecular formula is C30H37FN4O9. The van der Waals surface area contributed by atoms with Gasteiger partial charge < -0.3 is 34.9 Å². The summed E-state index contributed by atoms with van der Waals surface area (Å²) in [7, 11) is 0. The van der Waals surface area contributed by atoms with Crippen molar-refractivity contribution in [2.75, 3.05) is 39.4 Å². The Labute approximate surface area is 253 Å². The maximum atomic E-state index is 15.8. The molecule has 2 heterocycles. The summed E-state index contributed by atoms with van der Waals surface area (Å²) in [4.78, 5) is 71.4. The van der Waals surface area contributed by atoms with Gasteiger partial charge in [0, 0.05) is 32.6 Å². The topological polar surface area (TPSA) is 179 Å². The average Bonchev–Trinajstić information content (AvgIpc) is 2.96. The van der Waals surface area contributed by atoms with Crippen molar-refractivity contribution < 1.29 is 47.7 Å². The average molecular weight is 617 g/mol. The first-order valence-electron chi connectivity index (χ1n) is 14.6. The van der Waals surface area contributed by atoms with Crippen LogP contribution in [0.2, 0.25) is 0 Å². The molecule has 1 saturated heterocycles. The molecule has 0 spiro atoms. The number of aliphatic carboxylic acids is 1. The predicted molar refractivity (Wildman–Crippen MR) is 154 cm³/mol. The summed E-state index contributed by atoms with van der Waals surface area (Å²) >= 11 is 0. The molecule has 238 valence electrons. The highest BCUT2D eigenvalue weighted by atomic mass is 19.1. The Morgan fingerprint density at radius 3 is 2.23 bits per heavy atom. The number of pyridine rings is 1. The van der Waals surface area contributed by atoms with E-state index in [0.717, 1.165) is 0 Å². The lowest BCUT2D eigenvalue weighted by molar-refractivity contribution is -0.169. The Kier molecular flexibility index (Phi) is 9.90. The Hall–Kier alpha value is -4.49. The van der Waals surface area contributed by atoms with Crippen LogP contribution in [0, 0.1) is 12.7 Å². The van der Waals surface area contributed by atoms with E-state index in [1.54, 1.807) is 13.8 Å². The van der Waals surface area contributed by atoms with Crippen molar-refractivity contribution >= 4 is 40.7 Å². The second kappa shape index (κ2) is 13.4. The highest BCUT2D eigenvalue weighted by Gasteiger charge is 2.50. The van der Waals surface area contributed by atoms with Crippen LogP contribution in [0.1, 0.15) is 73.5 Å². The Morgan fingerprint density at radius 2 is 1.68 bits per heavy atom. The van der Waals surface area contributed by atoms with E-state index in [-0.39, 0.29) is 86.6 Å². The summed E-state index contributed by atoms with van der Waals surface area (Å²) in [5.74, 6) is -5.90. The molecule has 4 rings (SSSR count). The number of carbonyl (C=O) groups excluding carboxylic acids is 4. The first-order chi connectivity index (χ1) is 20.9. The van der Waals surface area contributed by atoms with Crippen LogP contribution < -0.4 is 10.5 Å².